The molecule has 1 amide bonds. The lowest BCUT2D eigenvalue weighted by Crippen LogP contribution is -2.37. The number of para-hydroxylation sites is 1. The first-order valence-corrected chi connectivity index (χ1v) is 14.0. The Morgan fingerprint density at radius 2 is 1.88 bits per heavy atom. The summed E-state index contributed by atoms with van der Waals surface area (Å²) in [6.07, 6.45) is 8.52. The first-order chi connectivity index (χ1) is 19.5. The first kappa shape index (κ1) is 32.9. The zero-order valence-corrected chi connectivity index (χ0v) is 22.4. The Hall–Kier alpha value is -4.57. The summed E-state index contributed by atoms with van der Waals surface area (Å²) in [6, 6.07) is 14.7. The SMILES string of the molecule is C.C.C.C=CC(=O)N[C@@H]1CCC[C@@H](CC(O)=c2sc3nccc4c3c2nc(=O)n4-c2ccc(Oc3ccccc3)cn2)C1. The second kappa shape index (κ2) is 14.1. The summed E-state index contributed by atoms with van der Waals surface area (Å²) in [6.45, 7) is 3.52. The van der Waals surface area contributed by atoms with Crippen LogP contribution in [0, 0.1) is 5.92 Å². The van der Waals surface area contributed by atoms with E-state index in [1.54, 1.807) is 30.6 Å². The van der Waals surface area contributed by atoms with E-state index in [-0.39, 0.29) is 45.9 Å². The Balaban J connectivity index is 0.00000169. The molecule has 6 rings (SSSR count). The molecule has 226 valence electrons. The quantitative estimate of drug-likeness (QED) is 0.199. The van der Waals surface area contributed by atoms with Crippen LogP contribution in [0.3, 0.4) is 0 Å². The maximum absolute atomic E-state index is 13.3. The van der Waals surface area contributed by atoms with Gasteiger partial charge in [-0.25, -0.2) is 19.3 Å². The molecular weight excluding hydrogens is 562 g/mol. The molecule has 0 unspecified atom stereocenters. The Kier molecular flexibility index (Phi) is 10.8. The smallest absolute Gasteiger partial charge is 0.354 e. The molecule has 5 aromatic rings. The molecule has 1 saturated carbocycles. The highest BCUT2D eigenvalue weighted by molar-refractivity contribution is 7.17. The number of aliphatic hydroxyl groups is 1. The third kappa shape index (κ3) is 6.75. The van der Waals surface area contributed by atoms with Gasteiger partial charge >= 0.3 is 5.69 Å². The molecule has 0 bridgehead atoms. The Bertz CT molecular complexity index is 1820. The van der Waals surface area contributed by atoms with Crippen molar-refractivity contribution >= 4 is 44.3 Å². The van der Waals surface area contributed by atoms with Gasteiger partial charge in [-0.15, -0.1) is 11.3 Å². The fourth-order valence-corrected chi connectivity index (χ4v) is 6.43. The van der Waals surface area contributed by atoms with Crippen LogP contribution in [-0.2, 0) is 4.79 Å². The van der Waals surface area contributed by atoms with Crippen molar-refractivity contribution in [3.63, 3.8) is 0 Å². The number of ether oxygens (including phenoxy) is 1. The highest BCUT2D eigenvalue weighted by Crippen LogP contribution is 2.31. The fourth-order valence-electron chi connectivity index (χ4n) is 5.37. The Morgan fingerprint density at radius 3 is 2.60 bits per heavy atom. The number of carbonyl (C=O) groups is 1. The van der Waals surface area contributed by atoms with Gasteiger partial charge in [0.2, 0.25) is 5.91 Å². The largest absolute Gasteiger partial charge is 0.511 e. The monoisotopic (exact) mass is 601 g/mol. The van der Waals surface area contributed by atoms with Crippen molar-refractivity contribution in [2.45, 2.75) is 60.4 Å². The molecule has 0 saturated heterocycles. The molecule has 4 aromatic heterocycles. The zero-order valence-electron chi connectivity index (χ0n) is 21.6. The second-order valence-electron chi connectivity index (χ2n) is 9.88. The minimum absolute atomic E-state index is 0. The standard InChI is InChI=1S/C30H27N5O4S.3CH4/c1-2-25(37)33-19-8-6-7-18(15-19)16-23(36)28-27-26-22(13-14-31-29(26)40-28)35(30(38)34-27)24-12-11-21(17-32-24)39-20-9-4-3-5-10-20;;;/h2-5,9-14,17-19,36H,1,6-8,15-16H2,(H,33,37);3*1H4/t18-,19-;;;/m1.../s1. The van der Waals surface area contributed by atoms with Gasteiger partial charge in [-0.2, -0.15) is 4.98 Å². The predicted molar refractivity (Wildman–Crippen MR) is 175 cm³/mol. The summed E-state index contributed by atoms with van der Waals surface area (Å²) in [4.78, 5) is 39.1. The number of hydrogen-bond acceptors (Lipinski definition) is 8. The number of nitrogens with zero attached hydrogens (tertiary/aromatic N) is 4. The molecule has 10 heteroatoms. The van der Waals surface area contributed by atoms with Crippen LogP contribution in [0.25, 0.3) is 32.8 Å². The van der Waals surface area contributed by atoms with Gasteiger partial charge in [-0.3, -0.25) is 4.79 Å². The number of pyridine rings is 2. The van der Waals surface area contributed by atoms with E-state index in [0.717, 1.165) is 25.7 Å². The average molecular weight is 602 g/mol. The van der Waals surface area contributed by atoms with E-state index in [1.807, 2.05) is 30.3 Å². The van der Waals surface area contributed by atoms with Crippen molar-refractivity contribution in [3.8, 4) is 17.3 Å². The van der Waals surface area contributed by atoms with E-state index in [1.165, 1.54) is 22.0 Å². The lowest BCUT2D eigenvalue weighted by molar-refractivity contribution is -0.117. The number of benzene rings is 1. The van der Waals surface area contributed by atoms with E-state index in [2.05, 4.69) is 26.8 Å². The summed E-state index contributed by atoms with van der Waals surface area (Å²) in [7, 11) is 0. The Morgan fingerprint density at radius 1 is 1.09 bits per heavy atom. The van der Waals surface area contributed by atoms with Gasteiger partial charge in [0, 0.05) is 18.7 Å². The van der Waals surface area contributed by atoms with Gasteiger partial charge < -0.3 is 15.2 Å². The van der Waals surface area contributed by atoms with Crippen LogP contribution in [0.5, 0.6) is 11.5 Å². The van der Waals surface area contributed by atoms with E-state index in [4.69, 9.17) is 4.74 Å². The van der Waals surface area contributed by atoms with Gasteiger partial charge in [-0.1, -0.05) is 53.5 Å². The van der Waals surface area contributed by atoms with Gasteiger partial charge in [0.15, 0.2) is 0 Å². The third-order valence-corrected chi connectivity index (χ3v) is 8.31. The molecule has 1 fully saturated rings. The molecular formula is C33H39N5O4S. The number of aliphatic hydroxyl groups excluding tert-OH is 1. The van der Waals surface area contributed by atoms with Crippen LogP contribution in [0.1, 0.15) is 54.4 Å². The molecule has 0 aliphatic heterocycles. The number of amides is 1. The second-order valence-corrected chi connectivity index (χ2v) is 10.9. The van der Waals surface area contributed by atoms with Crippen molar-refractivity contribution in [3.05, 3.63) is 88.6 Å². The van der Waals surface area contributed by atoms with Crippen LogP contribution >= 0.6 is 11.3 Å². The molecule has 2 N–H and O–H groups in total. The maximum atomic E-state index is 13.3. The van der Waals surface area contributed by atoms with Gasteiger partial charge in [0.25, 0.3) is 0 Å². The number of carbonyl (C=O) groups excluding carboxylic acids is 1. The molecule has 9 nitrogen and oxygen atoms in total. The molecule has 1 aliphatic rings. The van der Waals surface area contributed by atoms with Crippen molar-refractivity contribution in [1.29, 1.82) is 0 Å². The van der Waals surface area contributed by atoms with E-state index in [9.17, 15) is 14.7 Å². The van der Waals surface area contributed by atoms with E-state index in [0.29, 0.717) is 49.5 Å². The van der Waals surface area contributed by atoms with Gasteiger partial charge in [0.05, 0.1) is 21.6 Å². The molecule has 1 aliphatic carbocycles. The van der Waals surface area contributed by atoms with Crippen LogP contribution in [0.2, 0.25) is 0 Å². The lowest BCUT2D eigenvalue weighted by Gasteiger charge is -2.29. The van der Waals surface area contributed by atoms with Crippen molar-refractivity contribution < 1.29 is 14.6 Å². The molecule has 2 atom stereocenters. The minimum atomic E-state index is -0.499. The van der Waals surface area contributed by atoms with E-state index >= 15 is 0 Å². The summed E-state index contributed by atoms with van der Waals surface area (Å²) < 4.78 is 7.84. The van der Waals surface area contributed by atoms with Crippen LogP contribution in [0.15, 0.2) is 78.4 Å². The number of nitrogens with one attached hydrogen (secondary N) is 1. The minimum Gasteiger partial charge on any atom is -0.511 e. The molecule has 0 spiro atoms. The summed E-state index contributed by atoms with van der Waals surface area (Å²) in [5.74, 6) is 1.85. The van der Waals surface area contributed by atoms with Crippen molar-refractivity contribution in [2.75, 3.05) is 0 Å². The van der Waals surface area contributed by atoms with Gasteiger partial charge in [0.1, 0.15) is 33.4 Å². The topological polar surface area (TPSA) is 119 Å². The maximum Gasteiger partial charge on any atom is 0.354 e. The molecule has 43 heavy (non-hydrogen) atoms. The fraction of sp³-hybridized carbons (Fsp3) is 0.303. The number of aromatic nitrogens is 4. The molecule has 0 radical (unpaired) electrons. The average Bonchev–Trinajstić information content (AvgIpc) is 3.34. The van der Waals surface area contributed by atoms with Crippen molar-refractivity contribution in [2.24, 2.45) is 5.92 Å². The zero-order chi connectivity index (χ0) is 27.6. The number of hydrogen-bond donors (Lipinski definition) is 2. The van der Waals surface area contributed by atoms with Crippen LogP contribution in [-0.4, -0.2) is 36.6 Å². The third-order valence-electron chi connectivity index (χ3n) is 7.17. The lowest BCUT2D eigenvalue weighted by atomic mass is 9.83. The number of thiophene rings is 1. The molecule has 1 aromatic carbocycles. The normalized spacial score (nSPS) is 16.7. The predicted octanol–water partition coefficient (Wildman–Crippen LogP) is 6.73. The van der Waals surface area contributed by atoms with Crippen LogP contribution in [0.4, 0.5) is 0 Å². The number of rotatable bonds is 7. The highest BCUT2D eigenvalue weighted by atomic mass is 32.1. The summed E-state index contributed by atoms with van der Waals surface area (Å²) in [5, 5.41) is 14.9. The highest BCUT2D eigenvalue weighted by Gasteiger charge is 2.25. The van der Waals surface area contributed by atoms with Gasteiger partial charge in [-0.05, 0) is 61.6 Å². The van der Waals surface area contributed by atoms with E-state index < -0.39 is 5.69 Å². The van der Waals surface area contributed by atoms with Crippen molar-refractivity contribution in [1.82, 2.24) is 24.8 Å². The van der Waals surface area contributed by atoms with Crippen LogP contribution < -0.4 is 20.3 Å². The Labute approximate surface area is 255 Å². The summed E-state index contributed by atoms with van der Waals surface area (Å²) in [5.41, 5.74) is 0.559. The first-order valence-electron chi connectivity index (χ1n) is 13.1. The molecule has 4 heterocycles. The summed E-state index contributed by atoms with van der Waals surface area (Å²) >= 11 is 1.32.